The standard InChI is InChI=1S/C28H22BrN3O4/c1-35-27(33)24-23(19-6-4-3-5-7-19)22(16-30)26(31)32(25(24)28(34)36-2)21-14-10-18(11-15-21)17-8-12-20(29)13-9-17/h3-15,23H,31H2,1-2H3. The number of anilines is 1. The van der Waals surface area contributed by atoms with E-state index in [9.17, 15) is 14.9 Å². The van der Waals surface area contributed by atoms with Crippen LogP contribution in [0.1, 0.15) is 11.5 Å². The Hall–Kier alpha value is -4.35. The summed E-state index contributed by atoms with van der Waals surface area (Å²) in [7, 11) is 2.44. The Labute approximate surface area is 217 Å². The van der Waals surface area contributed by atoms with Crippen LogP contribution in [-0.2, 0) is 19.1 Å². The largest absolute Gasteiger partial charge is 0.466 e. The minimum absolute atomic E-state index is 0.0239. The minimum Gasteiger partial charge on any atom is -0.466 e. The lowest BCUT2D eigenvalue weighted by Gasteiger charge is -2.35. The number of carbonyl (C=O) groups is 2. The molecule has 0 aromatic heterocycles. The Bertz CT molecular complexity index is 1410. The van der Waals surface area contributed by atoms with Crippen molar-refractivity contribution in [2.24, 2.45) is 5.73 Å². The Morgan fingerprint density at radius 3 is 1.97 bits per heavy atom. The SMILES string of the molecule is COC(=O)C1=C(C(=O)OC)N(c2ccc(-c3ccc(Br)cc3)cc2)C(N)=C(C#N)C1c1ccccc1. The second-order valence-electron chi connectivity index (χ2n) is 7.89. The fraction of sp³-hybridized carbons (Fsp3) is 0.107. The third kappa shape index (κ3) is 4.49. The van der Waals surface area contributed by atoms with Crippen molar-refractivity contribution in [3.8, 4) is 17.2 Å². The number of benzene rings is 3. The van der Waals surface area contributed by atoms with E-state index in [1.165, 1.54) is 19.1 Å². The second kappa shape index (κ2) is 10.5. The van der Waals surface area contributed by atoms with Crippen LogP contribution in [0, 0.1) is 11.3 Å². The van der Waals surface area contributed by atoms with Crippen molar-refractivity contribution in [3.63, 3.8) is 0 Å². The van der Waals surface area contributed by atoms with Crippen LogP contribution in [0.3, 0.4) is 0 Å². The molecule has 1 atom stereocenters. The van der Waals surface area contributed by atoms with Gasteiger partial charge in [-0.25, -0.2) is 9.59 Å². The fourth-order valence-corrected chi connectivity index (χ4v) is 4.49. The molecule has 0 bridgehead atoms. The summed E-state index contributed by atoms with van der Waals surface area (Å²) < 4.78 is 11.1. The van der Waals surface area contributed by atoms with Crippen molar-refractivity contribution < 1.29 is 19.1 Å². The highest BCUT2D eigenvalue weighted by atomic mass is 79.9. The predicted octanol–water partition coefficient (Wildman–Crippen LogP) is 5.01. The van der Waals surface area contributed by atoms with Gasteiger partial charge in [0, 0.05) is 10.2 Å². The Morgan fingerprint density at radius 1 is 0.889 bits per heavy atom. The Morgan fingerprint density at radius 2 is 1.44 bits per heavy atom. The molecule has 0 radical (unpaired) electrons. The van der Waals surface area contributed by atoms with Crippen LogP contribution in [0.2, 0.25) is 0 Å². The van der Waals surface area contributed by atoms with E-state index in [0.717, 1.165) is 15.6 Å². The number of carbonyl (C=O) groups excluding carboxylic acids is 2. The third-order valence-electron chi connectivity index (χ3n) is 5.91. The second-order valence-corrected chi connectivity index (χ2v) is 8.80. The Balaban J connectivity index is 1.93. The van der Waals surface area contributed by atoms with E-state index in [0.29, 0.717) is 11.3 Å². The smallest absolute Gasteiger partial charge is 0.355 e. The summed E-state index contributed by atoms with van der Waals surface area (Å²) in [6.45, 7) is 0. The number of nitriles is 1. The molecule has 1 heterocycles. The molecular formula is C28H22BrN3O4. The van der Waals surface area contributed by atoms with Gasteiger partial charge in [0.15, 0.2) is 0 Å². The molecule has 1 aliphatic heterocycles. The van der Waals surface area contributed by atoms with Gasteiger partial charge >= 0.3 is 11.9 Å². The molecule has 0 saturated heterocycles. The van der Waals surface area contributed by atoms with E-state index >= 15 is 0 Å². The van der Waals surface area contributed by atoms with Crippen LogP contribution in [0.5, 0.6) is 0 Å². The number of nitrogens with two attached hydrogens (primary N) is 1. The number of methoxy groups -OCH3 is 2. The van der Waals surface area contributed by atoms with Crippen molar-refractivity contribution in [2.45, 2.75) is 5.92 Å². The summed E-state index contributed by atoms with van der Waals surface area (Å²) in [5.74, 6) is -2.43. The first-order chi connectivity index (χ1) is 17.4. The van der Waals surface area contributed by atoms with E-state index in [-0.39, 0.29) is 22.7 Å². The van der Waals surface area contributed by atoms with Crippen molar-refractivity contribution in [3.05, 3.63) is 112 Å². The highest BCUT2D eigenvalue weighted by molar-refractivity contribution is 9.10. The number of allylic oxidation sites excluding steroid dienone is 1. The van der Waals surface area contributed by atoms with Gasteiger partial charge in [0.2, 0.25) is 0 Å². The van der Waals surface area contributed by atoms with Crippen LogP contribution < -0.4 is 10.6 Å². The molecule has 36 heavy (non-hydrogen) atoms. The van der Waals surface area contributed by atoms with Crippen molar-refractivity contribution in [2.75, 3.05) is 19.1 Å². The highest BCUT2D eigenvalue weighted by Gasteiger charge is 2.42. The quantitative estimate of drug-likeness (QED) is 0.450. The summed E-state index contributed by atoms with van der Waals surface area (Å²) in [5, 5.41) is 10.1. The number of esters is 2. The van der Waals surface area contributed by atoms with Gasteiger partial charge in [-0.2, -0.15) is 5.26 Å². The zero-order valence-corrected chi connectivity index (χ0v) is 21.2. The van der Waals surface area contributed by atoms with Crippen molar-refractivity contribution >= 4 is 33.6 Å². The summed E-state index contributed by atoms with van der Waals surface area (Å²) in [5.41, 5.74) is 9.54. The van der Waals surface area contributed by atoms with E-state index in [1.807, 2.05) is 42.5 Å². The van der Waals surface area contributed by atoms with E-state index in [2.05, 4.69) is 22.0 Å². The van der Waals surface area contributed by atoms with Gasteiger partial charge in [0.25, 0.3) is 0 Å². The number of hydrogen-bond donors (Lipinski definition) is 1. The van der Waals surface area contributed by atoms with Gasteiger partial charge in [0.05, 0.1) is 37.4 Å². The first-order valence-electron chi connectivity index (χ1n) is 10.9. The lowest BCUT2D eigenvalue weighted by atomic mass is 9.81. The summed E-state index contributed by atoms with van der Waals surface area (Å²) >= 11 is 3.43. The van der Waals surface area contributed by atoms with Gasteiger partial charge in [-0.1, -0.05) is 70.5 Å². The average molecular weight is 544 g/mol. The van der Waals surface area contributed by atoms with Crippen LogP contribution in [0.25, 0.3) is 11.1 Å². The number of ether oxygens (including phenoxy) is 2. The lowest BCUT2D eigenvalue weighted by Crippen LogP contribution is -2.40. The molecule has 1 aliphatic rings. The monoisotopic (exact) mass is 543 g/mol. The molecule has 1 unspecified atom stereocenters. The van der Waals surface area contributed by atoms with E-state index < -0.39 is 17.9 Å². The lowest BCUT2D eigenvalue weighted by molar-refractivity contribution is -0.139. The van der Waals surface area contributed by atoms with Gasteiger partial charge < -0.3 is 15.2 Å². The molecule has 0 saturated carbocycles. The molecule has 0 amide bonds. The molecule has 8 heteroatoms. The van der Waals surface area contributed by atoms with Crippen LogP contribution >= 0.6 is 15.9 Å². The third-order valence-corrected chi connectivity index (χ3v) is 6.44. The summed E-state index contributed by atoms with van der Waals surface area (Å²) in [4.78, 5) is 27.6. The van der Waals surface area contributed by atoms with Crippen LogP contribution in [-0.4, -0.2) is 26.2 Å². The minimum atomic E-state index is -0.906. The molecule has 3 aromatic rings. The summed E-state index contributed by atoms with van der Waals surface area (Å²) in [6, 6.07) is 26.1. The van der Waals surface area contributed by atoms with Crippen LogP contribution in [0.4, 0.5) is 5.69 Å². The van der Waals surface area contributed by atoms with E-state index in [4.69, 9.17) is 15.2 Å². The normalized spacial score (nSPS) is 15.4. The maximum Gasteiger partial charge on any atom is 0.355 e. The number of halogens is 1. The molecular weight excluding hydrogens is 522 g/mol. The van der Waals surface area contributed by atoms with Crippen molar-refractivity contribution in [1.82, 2.24) is 0 Å². The molecule has 2 N–H and O–H groups in total. The number of hydrogen-bond acceptors (Lipinski definition) is 7. The topological polar surface area (TPSA) is 106 Å². The van der Waals surface area contributed by atoms with Gasteiger partial charge in [-0.15, -0.1) is 0 Å². The van der Waals surface area contributed by atoms with Gasteiger partial charge in [0.1, 0.15) is 11.5 Å². The number of nitrogens with zero attached hydrogens (tertiary/aromatic N) is 2. The van der Waals surface area contributed by atoms with Crippen LogP contribution in [0.15, 0.2) is 106 Å². The first-order valence-corrected chi connectivity index (χ1v) is 11.7. The molecule has 3 aromatic carbocycles. The highest BCUT2D eigenvalue weighted by Crippen LogP contribution is 2.43. The van der Waals surface area contributed by atoms with Gasteiger partial charge in [-0.05, 0) is 41.0 Å². The first kappa shape index (κ1) is 24.8. The predicted molar refractivity (Wildman–Crippen MR) is 139 cm³/mol. The molecule has 4 rings (SSSR count). The molecule has 0 fully saturated rings. The number of rotatable bonds is 5. The fourth-order valence-electron chi connectivity index (χ4n) is 4.23. The molecule has 0 aliphatic carbocycles. The Kier molecular flexibility index (Phi) is 7.23. The molecule has 0 spiro atoms. The maximum atomic E-state index is 13.1. The van der Waals surface area contributed by atoms with Gasteiger partial charge in [-0.3, -0.25) is 4.90 Å². The maximum absolute atomic E-state index is 13.1. The zero-order valence-electron chi connectivity index (χ0n) is 19.6. The molecule has 7 nitrogen and oxygen atoms in total. The average Bonchev–Trinajstić information content (AvgIpc) is 2.92. The van der Waals surface area contributed by atoms with Crippen molar-refractivity contribution in [1.29, 1.82) is 5.26 Å². The summed E-state index contributed by atoms with van der Waals surface area (Å²) in [6.07, 6.45) is 0. The van der Waals surface area contributed by atoms with E-state index in [1.54, 1.807) is 36.4 Å². The zero-order chi connectivity index (χ0) is 25.8. The molecule has 180 valence electrons.